The molecule has 5 heteroatoms. The smallest absolute Gasteiger partial charge is 0.306 e. The Kier molecular flexibility index (Phi) is 4.53. The fourth-order valence-electron chi connectivity index (χ4n) is 1.15. The number of rotatable bonds is 2. The molecule has 0 aliphatic heterocycles. The molecule has 1 N–H and O–H groups in total. The van der Waals surface area contributed by atoms with Gasteiger partial charge in [-0.1, -0.05) is 18.8 Å². The Labute approximate surface area is 96.8 Å². The van der Waals surface area contributed by atoms with Crippen molar-refractivity contribution in [1.29, 1.82) is 0 Å². The lowest BCUT2D eigenvalue weighted by Crippen LogP contribution is -2.12. The maximum absolute atomic E-state index is 12.9. The van der Waals surface area contributed by atoms with Gasteiger partial charge in [0.2, 0.25) is 0 Å². The van der Waals surface area contributed by atoms with Gasteiger partial charge in [-0.25, -0.2) is 4.39 Å². The van der Waals surface area contributed by atoms with Crippen LogP contribution in [0.25, 0.3) is 0 Å². The Hall–Kier alpha value is -1.54. The fraction of sp³-hybridized carbons (Fsp3) is 0.333. The summed E-state index contributed by atoms with van der Waals surface area (Å²) in [6, 6.07) is 2.72. The molecule has 1 aromatic carbocycles. The summed E-state index contributed by atoms with van der Waals surface area (Å²) in [5, 5.41) is 2.90. The van der Waals surface area contributed by atoms with E-state index in [1.54, 1.807) is 0 Å². The van der Waals surface area contributed by atoms with E-state index in [0.29, 0.717) is 12.6 Å². The number of halogens is 4. The van der Waals surface area contributed by atoms with Crippen LogP contribution in [0.3, 0.4) is 0 Å². The quantitative estimate of drug-likeness (QED) is 0.480. The van der Waals surface area contributed by atoms with Crippen molar-refractivity contribution in [3.05, 3.63) is 35.1 Å². The van der Waals surface area contributed by atoms with Crippen molar-refractivity contribution in [3.63, 3.8) is 0 Å². The van der Waals surface area contributed by atoms with Crippen molar-refractivity contribution in [3.8, 4) is 11.8 Å². The molecular weight excluding hydrogens is 234 g/mol. The summed E-state index contributed by atoms with van der Waals surface area (Å²) in [6.45, 7) is 3.00. The third-order valence-electron chi connectivity index (χ3n) is 1.97. The van der Waals surface area contributed by atoms with E-state index in [4.69, 9.17) is 0 Å². The van der Waals surface area contributed by atoms with E-state index >= 15 is 0 Å². The molecule has 1 nitrogen and oxygen atoms in total. The van der Waals surface area contributed by atoms with Crippen LogP contribution in [-0.4, -0.2) is 13.1 Å². The van der Waals surface area contributed by atoms with E-state index in [0.717, 1.165) is 12.6 Å². The molecule has 0 saturated carbocycles. The van der Waals surface area contributed by atoms with Crippen LogP contribution in [0.15, 0.2) is 18.2 Å². The predicted molar refractivity (Wildman–Crippen MR) is 56.8 cm³/mol. The van der Waals surface area contributed by atoms with Gasteiger partial charge in [-0.15, -0.1) is 0 Å². The molecule has 0 spiro atoms. The van der Waals surface area contributed by atoms with Gasteiger partial charge in [0.1, 0.15) is 5.82 Å². The van der Waals surface area contributed by atoms with Gasteiger partial charge in [-0.3, -0.25) is 0 Å². The normalized spacial score (nSPS) is 10.9. The summed E-state index contributed by atoms with van der Waals surface area (Å²) in [7, 11) is 0. The highest BCUT2D eigenvalue weighted by atomic mass is 19.4. The molecule has 0 aliphatic carbocycles. The average Bonchev–Trinajstić information content (AvgIpc) is 2.25. The van der Waals surface area contributed by atoms with Gasteiger partial charge in [0, 0.05) is 5.56 Å². The maximum atomic E-state index is 12.9. The minimum absolute atomic E-state index is 0.150. The monoisotopic (exact) mass is 245 g/mol. The molecule has 0 bridgehead atoms. The van der Waals surface area contributed by atoms with Crippen LogP contribution in [0.1, 0.15) is 18.1 Å². The van der Waals surface area contributed by atoms with Gasteiger partial charge in [-0.05, 0) is 24.7 Å². The second-order valence-corrected chi connectivity index (χ2v) is 3.27. The van der Waals surface area contributed by atoms with Crippen LogP contribution in [0.4, 0.5) is 17.6 Å². The van der Waals surface area contributed by atoms with Crippen molar-refractivity contribution in [2.24, 2.45) is 0 Å². The van der Waals surface area contributed by atoms with E-state index in [1.165, 1.54) is 6.07 Å². The van der Waals surface area contributed by atoms with Crippen LogP contribution in [0.2, 0.25) is 0 Å². The molecular formula is C12H11F4N. The van der Waals surface area contributed by atoms with Crippen molar-refractivity contribution >= 4 is 0 Å². The molecule has 0 fully saturated rings. The third-order valence-corrected chi connectivity index (χ3v) is 1.97. The largest absolute Gasteiger partial charge is 0.419 e. The minimum Gasteiger partial charge on any atom is -0.306 e. The standard InChI is InChI=1S/C12H11F4N/c1-2-17-7-3-4-9-5-6-11(13)10(8-9)12(14,15)16/h5-6,8,17H,2,7H2,1H3. The molecule has 92 valence electrons. The SMILES string of the molecule is CCNCC#Cc1ccc(F)c(C(F)(F)F)c1. The van der Waals surface area contributed by atoms with Crippen molar-refractivity contribution in [2.75, 3.05) is 13.1 Å². The molecule has 17 heavy (non-hydrogen) atoms. The van der Waals surface area contributed by atoms with Crippen LogP contribution >= 0.6 is 0 Å². The highest BCUT2D eigenvalue weighted by molar-refractivity contribution is 5.38. The van der Waals surface area contributed by atoms with Crippen molar-refractivity contribution in [2.45, 2.75) is 13.1 Å². The number of alkyl halides is 3. The maximum Gasteiger partial charge on any atom is 0.419 e. The molecule has 1 aromatic rings. The van der Waals surface area contributed by atoms with Gasteiger partial charge in [0.05, 0.1) is 12.1 Å². The second-order valence-electron chi connectivity index (χ2n) is 3.27. The second kappa shape index (κ2) is 5.69. The minimum atomic E-state index is -4.69. The lowest BCUT2D eigenvalue weighted by Gasteiger charge is -2.07. The summed E-state index contributed by atoms with van der Waals surface area (Å²) in [4.78, 5) is 0. The number of benzene rings is 1. The first-order valence-corrected chi connectivity index (χ1v) is 5.01. The van der Waals surface area contributed by atoms with Crippen LogP contribution < -0.4 is 5.32 Å². The van der Waals surface area contributed by atoms with Gasteiger partial charge in [0.25, 0.3) is 0 Å². The third kappa shape index (κ3) is 4.08. The lowest BCUT2D eigenvalue weighted by molar-refractivity contribution is -0.140. The molecule has 0 unspecified atom stereocenters. The molecule has 0 amide bonds. The Morgan fingerprint density at radius 2 is 2.00 bits per heavy atom. The first-order valence-electron chi connectivity index (χ1n) is 5.01. The molecule has 0 aliphatic rings. The number of hydrogen-bond acceptors (Lipinski definition) is 1. The van der Waals surface area contributed by atoms with Gasteiger partial charge < -0.3 is 5.32 Å². The Morgan fingerprint density at radius 3 is 2.59 bits per heavy atom. The lowest BCUT2D eigenvalue weighted by atomic mass is 10.1. The first-order chi connectivity index (χ1) is 7.95. The molecule has 1 rings (SSSR count). The van der Waals surface area contributed by atoms with Crippen molar-refractivity contribution in [1.82, 2.24) is 5.32 Å². The molecule has 0 saturated heterocycles. The summed E-state index contributed by atoms with van der Waals surface area (Å²) < 4.78 is 50.0. The zero-order chi connectivity index (χ0) is 12.9. The van der Waals surface area contributed by atoms with E-state index in [2.05, 4.69) is 17.2 Å². The molecule has 0 atom stereocenters. The summed E-state index contributed by atoms with van der Waals surface area (Å²) in [5.41, 5.74) is -1.13. The Balaban J connectivity index is 2.92. The zero-order valence-electron chi connectivity index (χ0n) is 9.16. The van der Waals surface area contributed by atoms with Crippen LogP contribution in [0.5, 0.6) is 0 Å². The van der Waals surface area contributed by atoms with E-state index < -0.39 is 17.6 Å². The van der Waals surface area contributed by atoms with Crippen molar-refractivity contribution < 1.29 is 17.6 Å². The van der Waals surface area contributed by atoms with Gasteiger partial charge in [-0.2, -0.15) is 13.2 Å². The number of nitrogens with one attached hydrogen (secondary N) is 1. The molecule has 0 radical (unpaired) electrons. The summed E-state index contributed by atoms with van der Waals surface area (Å²) >= 11 is 0. The van der Waals surface area contributed by atoms with E-state index in [-0.39, 0.29) is 5.56 Å². The highest BCUT2D eigenvalue weighted by Crippen LogP contribution is 2.31. The average molecular weight is 245 g/mol. The Morgan fingerprint density at radius 1 is 1.29 bits per heavy atom. The number of hydrogen-bond donors (Lipinski definition) is 1. The predicted octanol–water partition coefficient (Wildman–Crippen LogP) is 2.81. The zero-order valence-corrected chi connectivity index (χ0v) is 9.16. The van der Waals surface area contributed by atoms with Gasteiger partial charge in [0.15, 0.2) is 0 Å². The first kappa shape index (κ1) is 13.5. The van der Waals surface area contributed by atoms with E-state index in [1.807, 2.05) is 6.92 Å². The molecule has 0 aromatic heterocycles. The van der Waals surface area contributed by atoms with Crippen LogP contribution in [-0.2, 0) is 6.18 Å². The Bertz CT molecular complexity index is 440. The van der Waals surface area contributed by atoms with Gasteiger partial charge >= 0.3 is 6.18 Å². The fourth-order valence-corrected chi connectivity index (χ4v) is 1.15. The summed E-state index contributed by atoms with van der Waals surface area (Å²) in [5.74, 6) is 3.91. The molecule has 0 heterocycles. The van der Waals surface area contributed by atoms with E-state index in [9.17, 15) is 17.6 Å². The topological polar surface area (TPSA) is 12.0 Å². The highest BCUT2D eigenvalue weighted by Gasteiger charge is 2.34. The summed E-state index contributed by atoms with van der Waals surface area (Å²) in [6.07, 6.45) is -4.69. The van der Waals surface area contributed by atoms with Crippen LogP contribution in [0, 0.1) is 17.7 Å².